The SMILES string of the molecule is CCCCCCCCCCCCCCC(=O)C(=O)N[C@@H](C)CCC(=O)OC(C)(C)C. The van der Waals surface area contributed by atoms with Crippen molar-refractivity contribution in [3.05, 3.63) is 0 Å². The average Bonchev–Trinajstić information content (AvgIpc) is 2.65. The fourth-order valence-corrected chi connectivity index (χ4v) is 3.34. The lowest BCUT2D eigenvalue weighted by molar-refractivity contribution is -0.155. The molecule has 0 bridgehead atoms. The van der Waals surface area contributed by atoms with Crippen molar-refractivity contribution in [1.29, 1.82) is 0 Å². The smallest absolute Gasteiger partial charge is 0.306 e. The third-order valence-corrected chi connectivity index (χ3v) is 5.09. The molecule has 0 saturated heterocycles. The zero-order valence-electron chi connectivity index (χ0n) is 20.3. The number of hydrogen-bond acceptors (Lipinski definition) is 4. The van der Waals surface area contributed by atoms with Gasteiger partial charge in [-0.05, 0) is 40.5 Å². The van der Waals surface area contributed by atoms with E-state index in [1.807, 2.05) is 20.8 Å². The van der Waals surface area contributed by atoms with Crippen molar-refractivity contribution in [3.8, 4) is 0 Å². The van der Waals surface area contributed by atoms with Gasteiger partial charge < -0.3 is 10.1 Å². The second kappa shape index (κ2) is 17.3. The molecule has 0 aromatic rings. The zero-order chi connectivity index (χ0) is 22.8. The summed E-state index contributed by atoms with van der Waals surface area (Å²) in [4.78, 5) is 35.7. The van der Waals surface area contributed by atoms with E-state index >= 15 is 0 Å². The first kappa shape index (κ1) is 28.6. The lowest BCUT2D eigenvalue weighted by Crippen LogP contribution is -2.38. The molecule has 1 atom stereocenters. The largest absolute Gasteiger partial charge is 0.460 e. The standard InChI is InChI=1S/C25H47NO4/c1-6-7-8-9-10-11-12-13-14-15-16-17-18-22(27)24(29)26-21(2)19-20-23(28)30-25(3,4)5/h21H,6-20H2,1-5H3,(H,26,29)/t21-/m0/s1. The number of carbonyl (C=O) groups excluding carboxylic acids is 3. The third-order valence-electron chi connectivity index (χ3n) is 5.09. The summed E-state index contributed by atoms with van der Waals surface area (Å²) in [5.41, 5.74) is -0.506. The minimum atomic E-state index is -0.533. The molecule has 30 heavy (non-hydrogen) atoms. The van der Waals surface area contributed by atoms with Crippen LogP contribution in [0.4, 0.5) is 0 Å². The number of hydrogen-bond donors (Lipinski definition) is 1. The van der Waals surface area contributed by atoms with Gasteiger partial charge in [-0.2, -0.15) is 0 Å². The Labute approximate surface area is 185 Å². The second-order valence-corrected chi connectivity index (χ2v) is 9.56. The summed E-state index contributed by atoms with van der Waals surface area (Å²) < 4.78 is 5.25. The van der Waals surface area contributed by atoms with E-state index in [2.05, 4.69) is 12.2 Å². The number of ether oxygens (including phenoxy) is 1. The highest BCUT2D eigenvalue weighted by molar-refractivity contribution is 6.36. The molecule has 1 N–H and O–H groups in total. The van der Waals surface area contributed by atoms with Crippen molar-refractivity contribution in [3.63, 3.8) is 0 Å². The summed E-state index contributed by atoms with van der Waals surface area (Å²) in [6.07, 6.45) is 15.8. The summed E-state index contributed by atoms with van der Waals surface area (Å²) in [6, 6.07) is -0.226. The Morgan fingerprint density at radius 3 is 1.70 bits per heavy atom. The Morgan fingerprint density at radius 1 is 0.767 bits per heavy atom. The topological polar surface area (TPSA) is 72.5 Å². The number of carbonyl (C=O) groups is 3. The van der Waals surface area contributed by atoms with Gasteiger partial charge in [0.05, 0.1) is 0 Å². The molecule has 0 aromatic carbocycles. The minimum Gasteiger partial charge on any atom is -0.460 e. The van der Waals surface area contributed by atoms with Gasteiger partial charge in [0.15, 0.2) is 0 Å². The summed E-state index contributed by atoms with van der Waals surface area (Å²) in [7, 11) is 0. The normalized spacial score (nSPS) is 12.4. The van der Waals surface area contributed by atoms with Crippen molar-refractivity contribution in [2.24, 2.45) is 0 Å². The Bertz CT molecular complexity index is 482. The Balaban J connectivity index is 3.65. The number of Topliss-reactive ketones (excluding diaryl/α,β-unsaturated/α-hetero) is 1. The molecule has 0 saturated carbocycles. The molecule has 0 fully saturated rings. The van der Waals surface area contributed by atoms with Gasteiger partial charge in [0, 0.05) is 18.9 Å². The van der Waals surface area contributed by atoms with Crippen molar-refractivity contribution in [2.45, 2.75) is 143 Å². The van der Waals surface area contributed by atoms with Crippen LogP contribution in [0.3, 0.4) is 0 Å². The summed E-state index contributed by atoms with van der Waals surface area (Å²) >= 11 is 0. The van der Waals surface area contributed by atoms with E-state index in [4.69, 9.17) is 4.74 Å². The predicted octanol–water partition coefficient (Wildman–Crippen LogP) is 6.27. The van der Waals surface area contributed by atoms with Crippen LogP contribution >= 0.6 is 0 Å². The molecule has 1 amide bonds. The van der Waals surface area contributed by atoms with Gasteiger partial charge in [0.2, 0.25) is 5.78 Å². The lowest BCUT2D eigenvalue weighted by atomic mass is 10.0. The van der Waals surface area contributed by atoms with Crippen molar-refractivity contribution in [1.82, 2.24) is 5.32 Å². The fraction of sp³-hybridized carbons (Fsp3) is 0.880. The lowest BCUT2D eigenvalue weighted by Gasteiger charge is -2.20. The number of unbranched alkanes of at least 4 members (excludes halogenated alkanes) is 11. The molecule has 0 unspecified atom stereocenters. The predicted molar refractivity (Wildman–Crippen MR) is 123 cm³/mol. The molecule has 5 nitrogen and oxygen atoms in total. The molecule has 176 valence electrons. The minimum absolute atomic E-state index is 0.226. The van der Waals surface area contributed by atoms with Crippen LogP contribution in [0.15, 0.2) is 0 Å². The van der Waals surface area contributed by atoms with Crippen LogP contribution in [-0.4, -0.2) is 29.3 Å². The first-order valence-corrected chi connectivity index (χ1v) is 12.2. The molecule has 0 aliphatic carbocycles. The maximum absolute atomic E-state index is 12.0. The van der Waals surface area contributed by atoms with E-state index in [9.17, 15) is 14.4 Å². The molecular weight excluding hydrogens is 378 g/mol. The van der Waals surface area contributed by atoms with Crippen LogP contribution in [0.2, 0.25) is 0 Å². The number of rotatable bonds is 18. The number of ketones is 1. The number of nitrogens with one attached hydrogen (secondary N) is 1. The number of esters is 1. The molecule has 0 spiro atoms. The van der Waals surface area contributed by atoms with Crippen LogP contribution in [-0.2, 0) is 19.1 Å². The zero-order valence-corrected chi connectivity index (χ0v) is 20.3. The molecule has 0 aliphatic rings. The Hall–Kier alpha value is -1.39. The van der Waals surface area contributed by atoms with E-state index in [-0.39, 0.29) is 24.2 Å². The number of amides is 1. The van der Waals surface area contributed by atoms with Crippen LogP contribution in [0.1, 0.15) is 131 Å². The van der Waals surface area contributed by atoms with Gasteiger partial charge in [-0.15, -0.1) is 0 Å². The fourth-order valence-electron chi connectivity index (χ4n) is 3.34. The highest BCUT2D eigenvalue weighted by Gasteiger charge is 2.19. The van der Waals surface area contributed by atoms with Gasteiger partial charge in [-0.25, -0.2) is 0 Å². The first-order valence-electron chi connectivity index (χ1n) is 12.2. The molecule has 0 heterocycles. The maximum Gasteiger partial charge on any atom is 0.306 e. The van der Waals surface area contributed by atoms with Crippen LogP contribution in [0.25, 0.3) is 0 Å². The first-order chi connectivity index (χ1) is 14.2. The summed E-state index contributed by atoms with van der Waals surface area (Å²) in [5.74, 6) is -1.17. The molecule has 5 heteroatoms. The maximum atomic E-state index is 12.0. The van der Waals surface area contributed by atoms with Crippen molar-refractivity contribution in [2.75, 3.05) is 0 Å². The quantitative estimate of drug-likeness (QED) is 0.159. The van der Waals surface area contributed by atoms with E-state index in [1.165, 1.54) is 57.8 Å². The van der Waals surface area contributed by atoms with Gasteiger partial charge in [0.1, 0.15) is 5.60 Å². The monoisotopic (exact) mass is 425 g/mol. The van der Waals surface area contributed by atoms with E-state index in [0.29, 0.717) is 12.8 Å². The van der Waals surface area contributed by atoms with E-state index < -0.39 is 11.5 Å². The van der Waals surface area contributed by atoms with Crippen LogP contribution < -0.4 is 5.32 Å². The van der Waals surface area contributed by atoms with Gasteiger partial charge in [-0.1, -0.05) is 77.6 Å². The van der Waals surface area contributed by atoms with E-state index in [0.717, 1.165) is 19.3 Å². The summed E-state index contributed by atoms with van der Waals surface area (Å²) in [5, 5.41) is 2.69. The highest BCUT2D eigenvalue weighted by atomic mass is 16.6. The molecular formula is C25H47NO4. The molecule has 0 radical (unpaired) electrons. The van der Waals surface area contributed by atoms with Crippen molar-refractivity contribution >= 4 is 17.7 Å². The molecule has 0 aromatic heterocycles. The molecule has 0 aliphatic heterocycles. The van der Waals surface area contributed by atoms with Gasteiger partial charge >= 0.3 is 5.97 Å². The van der Waals surface area contributed by atoms with Crippen LogP contribution in [0, 0.1) is 0 Å². The summed E-state index contributed by atoms with van der Waals surface area (Å²) in [6.45, 7) is 9.52. The van der Waals surface area contributed by atoms with Crippen LogP contribution in [0.5, 0.6) is 0 Å². The van der Waals surface area contributed by atoms with Gasteiger partial charge in [0.25, 0.3) is 5.91 Å². The highest BCUT2D eigenvalue weighted by Crippen LogP contribution is 2.13. The van der Waals surface area contributed by atoms with E-state index in [1.54, 1.807) is 6.92 Å². The van der Waals surface area contributed by atoms with Gasteiger partial charge in [-0.3, -0.25) is 14.4 Å². The Kier molecular flexibility index (Phi) is 16.5. The van der Waals surface area contributed by atoms with Crippen molar-refractivity contribution < 1.29 is 19.1 Å². The third kappa shape index (κ3) is 18.6. The Morgan fingerprint density at radius 2 is 1.23 bits per heavy atom. The average molecular weight is 426 g/mol. The molecule has 0 rings (SSSR count). The second-order valence-electron chi connectivity index (χ2n) is 9.56.